The summed E-state index contributed by atoms with van der Waals surface area (Å²) in [6.07, 6.45) is 3.03. The van der Waals surface area contributed by atoms with Gasteiger partial charge in [-0.1, -0.05) is 6.07 Å². The summed E-state index contributed by atoms with van der Waals surface area (Å²) < 4.78 is 31.4. The highest BCUT2D eigenvalue weighted by molar-refractivity contribution is 6.00. The predicted octanol–water partition coefficient (Wildman–Crippen LogP) is 4.58. The number of aromatic nitrogens is 1. The number of carbonyl (C=O) groups is 1. The van der Waals surface area contributed by atoms with E-state index < -0.39 is 12.3 Å². The second-order valence-corrected chi connectivity index (χ2v) is 8.97. The summed E-state index contributed by atoms with van der Waals surface area (Å²) in [5, 5.41) is 3.37. The van der Waals surface area contributed by atoms with Gasteiger partial charge in [-0.15, -0.1) is 0 Å². The zero-order valence-electron chi connectivity index (χ0n) is 18.1. The van der Waals surface area contributed by atoms with Gasteiger partial charge in [0.25, 0.3) is 0 Å². The molecule has 2 aliphatic heterocycles. The number of pyridine rings is 1. The van der Waals surface area contributed by atoms with Crippen molar-refractivity contribution in [1.29, 1.82) is 0 Å². The van der Waals surface area contributed by atoms with Crippen LogP contribution in [0.5, 0.6) is 0 Å². The Bertz CT molecular complexity index is 988. The smallest absolute Gasteiger partial charge is 0.244 e. The highest BCUT2D eigenvalue weighted by Gasteiger charge is 2.36. The van der Waals surface area contributed by atoms with E-state index in [0.29, 0.717) is 19.6 Å². The van der Waals surface area contributed by atoms with Crippen LogP contribution >= 0.6 is 0 Å². The summed E-state index contributed by atoms with van der Waals surface area (Å²) in [5.74, 6) is 0.199. The van der Waals surface area contributed by atoms with Crippen LogP contribution in [0.4, 0.5) is 31.7 Å². The van der Waals surface area contributed by atoms with Crippen LogP contribution in [0.3, 0.4) is 0 Å². The number of benzene rings is 1. The molecule has 1 saturated heterocycles. The van der Waals surface area contributed by atoms with E-state index in [9.17, 15) is 13.6 Å². The normalized spacial score (nSPS) is 23.1. The van der Waals surface area contributed by atoms with Crippen molar-refractivity contribution in [2.45, 2.75) is 44.8 Å². The van der Waals surface area contributed by atoms with Crippen molar-refractivity contribution in [3.63, 3.8) is 0 Å². The zero-order valence-corrected chi connectivity index (χ0v) is 18.1. The summed E-state index contributed by atoms with van der Waals surface area (Å²) in [4.78, 5) is 22.0. The Balaban J connectivity index is 1.45. The van der Waals surface area contributed by atoms with Gasteiger partial charge in [0, 0.05) is 43.6 Å². The maximum atomic E-state index is 13.7. The predicted molar refractivity (Wildman–Crippen MR) is 120 cm³/mol. The third kappa shape index (κ3) is 3.92. The SMILES string of the molecule is COC1CCC(C(=O)N2Cc3cccnc3Nc3ccc(N4CC(C(F)F)C4)cc32)CC1. The Labute approximate surface area is 186 Å². The van der Waals surface area contributed by atoms with Crippen molar-refractivity contribution < 1.29 is 18.3 Å². The number of amides is 1. The van der Waals surface area contributed by atoms with Crippen LogP contribution in [-0.4, -0.2) is 43.6 Å². The summed E-state index contributed by atoms with van der Waals surface area (Å²) in [6, 6.07) is 9.65. The van der Waals surface area contributed by atoms with Crippen molar-refractivity contribution in [3.05, 3.63) is 42.1 Å². The maximum absolute atomic E-state index is 13.7. The van der Waals surface area contributed by atoms with E-state index in [1.54, 1.807) is 13.3 Å². The average molecular weight is 443 g/mol. The Kier molecular flexibility index (Phi) is 5.71. The summed E-state index contributed by atoms with van der Waals surface area (Å²) in [5.41, 5.74) is 3.39. The molecular formula is C24H28F2N4O2. The number of nitrogens with one attached hydrogen (secondary N) is 1. The van der Waals surface area contributed by atoms with Gasteiger partial charge < -0.3 is 19.9 Å². The molecule has 5 rings (SSSR count). The van der Waals surface area contributed by atoms with Gasteiger partial charge in [-0.2, -0.15) is 0 Å². The molecular weight excluding hydrogens is 414 g/mol. The second kappa shape index (κ2) is 8.65. The largest absolute Gasteiger partial charge is 0.381 e. The minimum Gasteiger partial charge on any atom is -0.381 e. The van der Waals surface area contributed by atoms with E-state index in [0.717, 1.165) is 54.1 Å². The van der Waals surface area contributed by atoms with Crippen LogP contribution in [0.2, 0.25) is 0 Å². The molecule has 1 amide bonds. The first kappa shape index (κ1) is 21.1. The lowest BCUT2D eigenvalue weighted by Gasteiger charge is -2.41. The minimum absolute atomic E-state index is 0.0525. The van der Waals surface area contributed by atoms with Gasteiger partial charge in [-0.05, 0) is 49.9 Å². The molecule has 3 aliphatic rings. The molecule has 1 aromatic carbocycles. The lowest BCUT2D eigenvalue weighted by atomic mass is 9.86. The fourth-order valence-corrected chi connectivity index (χ4v) is 4.95. The molecule has 1 N–H and O–H groups in total. The van der Waals surface area contributed by atoms with Crippen LogP contribution in [-0.2, 0) is 16.1 Å². The highest BCUT2D eigenvalue weighted by Crippen LogP contribution is 2.41. The molecule has 8 heteroatoms. The fourth-order valence-electron chi connectivity index (χ4n) is 4.95. The first-order valence-corrected chi connectivity index (χ1v) is 11.3. The van der Waals surface area contributed by atoms with Crippen LogP contribution in [0.15, 0.2) is 36.5 Å². The molecule has 0 spiro atoms. The van der Waals surface area contributed by atoms with Gasteiger partial charge in [-0.25, -0.2) is 13.8 Å². The third-order valence-electron chi connectivity index (χ3n) is 7.00. The molecule has 170 valence electrons. The standard InChI is InChI=1S/C24H28F2N4O2/c1-32-19-7-4-15(5-8-19)24(31)30-14-16-3-2-10-27-23(16)28-20-9-6-18(11-21(20)30)29-12-17(13-29)22(25)26/h2-3,6,9-11,15,17,19,22H,4-5,7-8,12-14H2,1H3,(H,27,28). The molecule has 0 bridgehead atoms. The highest BCUT2D eigenvalue weighted by atomic mass is 19.3. The third-order valence-corrected chi connectivity index (χ3v) is 7.00. The first-order valence-electron chi connectivity index (χ1n) is 11.3. The number of anilines is 4. The molecule has 2 aromatic rings. The summed E-state index contributed by atoms with van der Waals surface area (Å²) >= 11 is 0. The molecule has 1 saturated carbocycles. The quantitative estimate of drug-likeness (QED) is 0.751. The first-order chi connectivity index (χ1) is 15.5. The summed E-state index contributed by atoms with van der Waals surface area (Å²) in [7, 11) is 1.73. The molecule has 2 fully saturated rings. The van der Waals surface area contributed by atoms with Crippen LogP contribution < -0.4 is 15.1 Å². The fraction of sp³-hybridized carbons (Fsp3) is 0.500. The average Bonchev–Trinajstić information content (AvgIpc) is 2.94. The Morgan fingerprint density at radius 1 is 1.19 bits per heavy atom. The topological polar surface area (TPSA) is 57.7 Å². The number of fused-ring (bicyclic) bond motifs is 2. The molecule has 32 heavy (non-hydrogen) atoms. The van der Waals surface area contributed by atoms with Gasteiger partial charge in [0.05, 0.1) is 29.9 Å². The van der Waals surface area contributed by atoms with Crippen molar-refractivity contribution >= 4 is 28.8 Å². The lowest BCUT2D eigenvalue weighted by Crippen LogP contribution is -2.50. The molecule has 6 nitrogen and oxygen atoms in total. The van der Waals surface area contributed by atoms with E-state index in [-0.39, 0.29) is 17.9 Å². The van der Waals surface area contributed by atoms with Gasteiger partial charge in [0.1, 0.15) is 5.82 Å². The van der Waals surface area contributed by atoms with Crippen molar-refractivity contribution in [3.8, 4) is 0 Å². The number of methoxy groups -OCH3 is 1. The number of alkyl halides is 2. The Hall–Kier alpha value is -2.74. The van der Waals surface area contributed by atoms with Crippen molar-refractivity contribution in [1.82, 2.24) is 4.98 Å². The number of ether oxygens (including phenoxy) is 1. The number of halogens is 2. The summed E-state index contributed by atoms with van der Waals surface area (Å²) in [6.45, 7) is 1.09. The molecule has 0 unspecified atom stereocenters. The van der Waals surface area contributed by atoms with Gasteiger partial charge in [0.2, 0.25) is 12.3 Å². The number of carbonyl (C=O) groups excluding carboxylic acids is 1. The Morgan fingerprint density at radius 2 is 1.97 bits per heavy atom. The number of hydrogen-bond donors (Lipinski definition) is 1. The van der Waals surface area contributed by atoms with Crippen molar-refractivity contribution in [2.24, 2.45) is 11.8 Å². The monoisotopic (exact) mass is 442 g/mol. The van der Waals surface area contributed by atoms with E-state index >= 15 is 0 Å². The second-order valence-electron chi connectivity index (χ2n) is 8.97. The number of hydrogen-bond acceptors (Lipinski definition) is 5. The molecule has 1 aromatic heterocycles. The molecule has 0 radical (unpaired) electrons. The van der Waals surface area contributed by atoms with E-state index in [1.165, 1.54) is 0 Å². The van der Waals surface area contributed by atoms with Crippen LogP contribution in [0.25, 0.3) is 0 Å². The molecule has 0 atom stereocenters. The zero-order chi connectivity index (χ0) is 22.2. The van der Waals surface area contributed by atoms with Crippen LogP contribution in [0, 0.1) is 11.8 Å². The number of nitrogens with zero attached hydrogens (tertiary/aromatic N) is 3. The van der Waals surface area contributed by atoms with E-state index in [2.05, 4.69) is 10.3 Å². The van der Waals surface area contributed by atoms with Gasteiger partial charge in [0.15, 0.2) is 0 Å². The Morgan fingerprint density at radius 3 is 2.69 bits per heavy atom. The minimum atomic E-state index is -2.30. The molecule has 1 aliphatic carbocycles. The lowest BCUT2D eigenvalue weighted by molar-refractivity contribution is -0.124. The van der Waals surface area contributed by atoms with Crippen LogP contribution in [0.1, 0.15) is 31.2 Å². The molecule has 3 heterocycles. The van der Waals surface area contributed by atoms with Gasteiger partial charge in [-0.3, -0.25) is 4.79 Å². The van der Waals surface area contributed by atoms with E-state index in [1.807, 2.05) is 40.1 Å². The van der Waals surface area contributed by atoms with Crippen molar-refractivity contribution in [2.75, 3.05) is 35.3 Å². The number of rotatable bonds is 4. The van der Waals surface area contributed by atoms with E-state index in [4.69, 9.17) is 4.74 Å². The maximum Gasteiger partial charge on any atom is 0.244 e. The van der Waals surface area contributed by atoms with Gasteiger partial charge >= 0.3 is 0 Å².